The smallest absolute Gasteiger partial charge is 0.317 e. The van der Waals surface area contributed by atoms with Crippen LogP contribution in [0.15, 0.2) is 12.4 Å². The summed E-state index contributed by atoms with van der Waals surface area (Å²) in [4.78, 5) is 22.5. The molecule has 1 aromatic heterocycles. The lowest BCUT2D eigenvalue weighted by atomic mass is 10.3. The van der Waals surface area contributed by atoms with Crippen molar-refractivity contribution in [1.82, 2.24) is 14.7 Å². The highest BCUT2D eigenvalue weighted by Gasteiger charge is 2.14. The van der Waals surface area contributed by atoms with Crippen LogP contribution in [-0.4, -0.2) is 49.9 Å². The third-order valence-electron chi connectivity index (χ3n) is 2.13. The zero-order valence-electron chi connectivity index (χ0n) is 9.54. The second-order valence-electron chi connectivity index (χ2n) is 3.64. The fraction of sp³-hybridized carbons (Fsp3) is 0.500. The topological polar surface area (TPSA) is 95.7 Å². The van der Waals surface area contributed by atoms with Crippen molar-refractivity contribution in [2.45, 2.75) is 20.0 Å². The number of aromatic nitrogens is 2. The normalized spacial score (nSPS) is 10.7. The van der Waals surface area contributed by atoms with Gasteiger partial charge in [0.05, 0.1) is 19.3 Å². The van der Waals surface area contributed by atoms with Crippen LogP contribution in [0.2, 0.25) is 0 Å². The van der Waals surface area contributed by atoms with Crippen LogP contribution in [-0.2, 0) is 22.7 Å². The van der Waals surface area contributed by atoms with E-state index >= 15 is 0 Å². The number of aryl methyl sites for hydroxylation is 1. The highest BCUT2D eigenvalue weighted by Crippen LogP contribution is 2.03. The van der Waals surface area contributed by atoms with E-state index in [1.807, 2.05) is 6.92 Å². The number of carboxylic acids is 2. The Morgan fingerprint density at radius 2 is 1.94 bits per heavy atom. The van der Waals surface area contributed by atoms with Crippen molar-refractivity contribution >= 4 is 11.9 Å². The lowest BCUT2D eigenvalue weighted by Gasteiger charge is -2.16. The fourth-order valence-electron chi connectivity index (χ4n) is 1.47. The summed E-state index contributed by atoms with van der Waals surface area (Å²) in [6, 6.07) is 0. The monoisotopic (exact) mass is 241 g/mol. The average molecular weight is 241 g/mol. The highest BCUT2D eigenvalue weighted by molar-refractivity contribution is 5.72. The molecule has 7 nitrogen and oxygen atoms in total. The van der Waals surface area contributed by atoms with Crippen LogP contribution >= 0.6 is 0 Å². The van der Waals surface area contributed by atoms with Gasteiger partial charge in [-0.2, -0.15) is 5.10 Å². The van der Waals surface area contributed by atoms with Crippen molar-refractivity contribution in [3.8, 4) is 0 Å². The Hall–Kier alpha value is -1.89. The van der Waals surface area contributed by atoms with Crippen LogP contribution in [0.5, 0.6) is 0 Å². The Morgan fingerprint density at radius 3 is 2.35 bits per heavy atom. The summed E-state index contributed by atoms with van der Waals surface area (Å²) in [5, 5.41) is 21.4. The summed E-state index contributed by atoms with van der Waals surface area (Å²) >= 11 is 0. The number of rotatable bonds is 7. The summed E-state index contributed by atoms with van der Waals surface area (Å²) in [7, 11) is 0. The lowest BCUT2D eigenvalue weighted by molar-refractivity contribution is -0.142. The van der Waals surface area contributed by atoms with Crippen molar-refractivity contribution in [2.24, 2.45) is 0 Å². The van der Waals surface area contributed by atoms with Gasteiger partial charge in [0.15, 0.2) is 0 Å². The Bertz CT molecular complexity index is 386. The van der Waals surface area contributed by atoms with Gasteiger partial charge >= 0.3 is 11.9 Å². The molecule has 0 spiro atoms. The Kier molecular flexibility index (Phi) is 4.65. The van der Waals surface area contributed by atoms with Gasteiger partial charge < -0.3 is 10.2 Å². The maximum Gasteiger partial charge on any atom is 0.317 e. The van der Waals surface area contributed by atoms with E-state index < -0.39 is 11.9 Å². The molecule has 1 rings (SSSR count). The molecule has 17 heavy (non-hydrogen) atoms. The first-order chi connectivity index (χ1) is 8.01. The van der Waals surface area contributed by atoms with E-state index in [1.165, 1.54) is 4.90 Å². The molecule has 0 bridgehead atoms. The fourth-order valence-corrected chi connectivity index (χ4v) is 1.47. The third kappa shape index (κ3) is 4.64. The number of hydrogen-bond donors (Lipinski definition) is 2. The number of nitrogens with zero attached hydrogens (tertiary/aromatic N) is 3. The second-order valence-corrected chi connectivity index (χ2v) is 3.64. The van der Waals surface area contributed by atoms with Crippen molar-refractivity contribution in [1.29, 1.82) is 0 Å². The van der Waals surface area contributed by atoms with Gasteiger partial charge in [-0.25, -0.2) is 0 Å². The summed E-state index contributed by atoms with van der Waals surface area (Å²) in [5.74, 6) is -2.09. The van der Waals surface area contributed by atoms with Gasteiger partial charge in [-0.15, -0.1) is 0 Å². The van der Waals surface area contributed by atoms with Crippen LogP contribution in [0.3, 0.4) is 0 Å². The summed E-state index contributed by atoms with van der Waals surface area (Å²) in [6.07, 6.45) is 3.39. The highest BCUT2D eigenvalue weighted by atomic mass is 16.4. The van der Waals surface area contributed by atoms with Gasteiger partial charge in [-0.05, 0) is 6.92 Å². The minimum atomic E-state index is -1.05. The van der Waals surface area contributed by atoms with Crippen LogP contribution < -0.4 is 0 Å². The van der Waals surface area contributed by atoms with E-state index in [-0.39, 0.29) is 19.6 Å². The first-order valence-corrected chi connectivity index (χ1v) is 5.18. The molecule has 0 saturated heterocycles. The van der Waals surface area contributed by atoms with E-state index in [1.54, 1.807) is 17.1 Å². The third-order valence-corrected chi connectivity index (χ3v) is 2.13. The van der Waals surface area contributed by atoms with E-state index in [4.69, 9.17) is 10.2 Å². The maximum absolute atomic E-state index is 10.6. The first kappa shape index (κ1) is 13.2. The molecule has 0 amide bonds. The minimum absolute atomic E-state index is 0.262. The van der Waals surface area contributed by atoms with Gasteiger partial charge in [0.2, 0.25) is 0 Å². The van der Waals surface area contributed by atoms with E-state index in [2.05, 4.69) is 5.10 Å². The lowest BCUT2D eigenvalue weighted by Crippen LogP contribution is -2.33. The molecule has 7 heteroatoms. The molecule has 0 aliphatic rings. The summed E-state index contributed by atoms with van der Waals surface area (Å²) < 4.78 is 1.70. The van der Waals surface area contributed by atoms with Crippen molar-refractivity contribution in [2.75, 3.05) is 13.1 Å². The molecule has 0 fully saturated rings. The van der Waals surface area contributed by atoms with Crippen molar-refractivity contribution in [3.63, 3.8) is 0 Å². The van der Waals surface area contributed by atoms with E-state index in [0.717, 1.165) is 12.1 Å². The van der Waals surface area contributed by atoms with Crippen molar-refractivity contribution in [3.05, 3.63) is 18.0 Å². The standard InChI is InChI=1S/C10H15N3O4/c1-2-13-5-8(3-11-13)4-12(6-9(14)15)7-10(16)17/h3,5H,2,4,6-7H2,1H3,(H,14,15)(H,16,17). The zero-order chi connectivity index (χ0) is 12.8. The predicted molar refractivity (Wildman–Crippen MR) is 58.4 cm³/mol. The molecule has 94 valence electrons. The van der Waals surface area contributed by atoms with Crippen LogP contribution in [0, 0.1) is 0 Å². The van der Waals surface area contributed by atoms with Gasteiger partial charge in [0, 0.05) is 24.8 Å². The number of carboxylic acid groups (broad SMARTS) is 2. The molecule has 0 unspecified atom stereocenters. The van der Waals surface area contributed by atoms with Gasteiger partial charge in [-0.3, -0.25) is 19.2 Å². The largest absolute Gasteiger partial charge is 0.480 e. The molecule has 0 aliphatic carbocycles. The molecule has 2 N–H and O–H groups in total. The van der Waals surface area contributed by atoms with Gasteiger partial charge in [0.1, 0.15) is 0 Å². The van der Waals surface area contributed by atoms with E-state index in [0.29, 0.717) is 0 Å². The molecular weight excluding hydrogens is 226 g/mol. The number of carbonyl (C=O) groups is 2. The van der Waals surface area contributed by atoms with Gasteiger partial charge in [-0.1, -0.05) is 0 Å². The molecule has 0 aromatic carbocycles. The Morgan fingerprint density at radius 1 is 1.35 bits per heavy atom. The van der Waals surface area contributed by atoms with Crippen LogP contribution in [0.1, 0.15) is 12.5 Å². The molecule has 0 aliphatic heterocycles. The summed E-state index contributed by atoms with van der Waals surface area (Å²) in [5.41, 5.74) is 0.800. The molecule has 0 saturated carbocycles. The predicted octanol–water partition coefficient (Wildman–Crippen LogP) is -0.126. The maximum atomic E-state index is 10.6. The van der Waals surface area contributed by atoms with Crippen LogP contribution in [0.25, 0.3) is 0 Å². The van der Waals surface area contributed by atoms with E-state index in [9.17, 15) is 9.59 Å². The molecular formula is C10H15N3O4. The Balaban J connectivity index is 2.64. The Labute approximate surface area is 98.3 Å². The van der Waals surface area contributed by atoms with Crippen molar-refractivity contribution < 1.29 is 19.8 Å². The zero-order valence-corrected chi connectivity index (χ0v) is 9.54. The second kappa shape index (κ2) is 6.00. The average Bonchev–Trinajstić information content (AvgIpc) is 2.63. The molecule has 1 aromatic rings. The van der Waals surface area contributed by atoms with Gasteiger partial charge in [0.25, 0.3) is 0 Å². The summed E-state index contributed by atoms with van der Waals surface area (Å²) in [6.45, 7) is 2.31. The number of aliphatic carboxylic acids is 2. The molecule has 0 atom stereocenters. The van der Waals surface area contributed by atoms with Crippen LogP contribution in [0.4, 0.5) is 0 Å². The molecule has 1 heterocycles. The molecule has 0 radical (unpaired) electrons. The number of hydrogen-bond acceptors (Lipinski definition) is 4. The SMILES string of the molecule is CCn1cc(CN(CC(=O)O)CC(=O)O)cn1. The first-order valence-electron chi connectivity index (χ1n) is 5.18. The quantitative estimate of drug-likeness (QED) is 0.690. The minimum Gasteiger partial charge on any atom is -0.480 e.